The van der Waals surface area contributed by atoms with E-state index in [4.69, 9.17) is 9.47 Å². The SMILES string of the molecule is O=C1CN(C(=O)c2ccccc2)[C@@H]2CCN(C(=O)OCC3(COc4ccccc4)CCCC3)[C@H]12. The number of Topliss-reactive ketones (excluding diaryl/α,β-unsaturated/α-hetero) is 1. The molecule has 0 unspecified atom stereocenters. The van der Waals surface area contributed by atoms with Crippen molar-refractivity contribution in [3.63, 3.8) is 0 Å². The summed E-state index contributed by atoms with van der Waals surface area (Å²) in [5.74, 6) is 0.536. The molecule has 1 saturated carbocycles. The second-order valence-corrected chi connectivity index (χ2v) is 9.62. The highest BCUT2D eigenvalue weighted by molar-refractivity contribution is 6.02. The maximum Gasteiger partial charge on any atom is 0.410 e. The van der Waals surface area contributed by atoms with E-state index < -0.39 is 12.1 Å². The van der Waals surface area contributed by atoms with Gasteiger partial charge in [-0.3, -0.25) is 14.5 Å². The molecule has 7 nitrogen and oxygen atoms in total. The Balaban J connectivity index is 1.21. The number of ketones is 1. The van der Waals surface area contributed by atoms with Gasteiger partial charge in [0, 0.05) is 17.5 Å². The Labute approximate surface area is 199 Å². The monoisotopic (exact) mass is 462 g/mol. The number of fused-ring (bicyclic) bond motifs is 1. The van der Waals surface area contributed by atoms with Gasteiger partial charge in [-0.2, -0.15) is 0 Å². The summed E-state index contributed by atoms with van der Waals surface area (Å²) < 4.78 is 11.8. The molecule has 0 aromatic heterocycles. The molecular weight excluding hydrogens is 432 g/mol. The Morgan fingerprint density at radius 1 is 0.912 bits per heavy atom. The first-order chi connectivity index (χ1) is 16.6. The zero-order valence-corrected chi connectivity index (χ0v) is 19.2. The van der Waals surface area contributed by atoms with E-state index in [1.807, 2.05) is 36.4 Å². The summed E-state index contributed by atoms with van der Waals surface area (Å²) in [6.45, 7) is 1.20. The van der Waals surface area contributed by atoms with Gasteiger partial charge in [-0.15, -0.1) is 0 Å². The smallest absolute Gasteiger partial charge is 0.410 e. The predicted octanol–water partition coefficient (Wildman–Crippen LogP) is 3.93. The number of likely N-dealkylation sites (tertiary alicyclic amines) is 2. The number of amides is 2. The summed E-state index contributed by atoms with van der Waals surface area (Å²) in [6.07, 6.45) is 4.15. The molecular formula is C27H30N2O5. The molecule has 0 spiro atoms. The first-order valence-corrected chi connectivity index (χ1v) is 12.1. The van der Waals surface area contributed by atoms with Crippen LogP contribution in [0.25, 0.3) is 0 Å². The van der Waals surface area contributed by atoms with Crippen LogP contribution < -0.4 is 4.74 Å². The van der Waals surface area contributed by atoms with Crippen LogP contribution >= 0.6 is 0 Å². The molecule has 2 saturated heterocycles. The second-order valence-electron chi connectivity index (χ2n) is 9.62. The topological polar surface area (TPSA) is 76.2 Å². The Hall–Kier alpha value is -3.35. The van der Waals surface area contributed by atoms with E-state index in [2.05, 4.69) is 0 Å². The fourth-order valence-corrected chi connectivity index (χ4v) is 5.55. The summed E-state index contributed by atoms with van der Waals surface area (Å²) >= 11 is 0. The summed E-state index contributed by atoms with van der Waals surface area (Å²) in [4.78, 5) is 42.0. The Morgan fingerprint density at radius 3 is 2.29 bits per heavy atom. The predicted molar refractivity (Wildman–Crippen MR) is 126 cm³/mol. The number of rotatable bonds is 6. The maximum absolute atomic E-state index is 13.1. The van der Waals surface area contributed by atoms with Gasteiger partial charge in [0.2, 0.25) is 0 Å². The summed E-state index contributed by atoms with van der Waals surface area (Å²) in [5, 5.41) is 0. The van der Waals surface area contributed by atoms with Gasteiger partial charge in [0.1, 0.15) is 18.4 Å². The molecule has 2 aromatic carbocycles. The van der Waals surface area contributed by atoms with Gasteiger partial charge in [0.05, 0.1) is 19.2 Å². The van der Waals surface area contributed by atoms with Gasteiger partial charge in [-0.05, 0) is 43.5 Å². The van der Waals surface area contributed by atoms with Crippen molar-refractivity contribution in [1.82, 2.24) is 9.80 Å². The highest BCUT2D eigenvalue weighted by atomic mass is 16.6. The van der Waals surface area contributed by atoms with Gasteiger partial charge >= 0.3 is 6.09 Å². The van der Waals surface area contributed by atoms with E-state index in [9.17, 15) is 14.4 Å². The average molecular weight is 463 g/mol. The Kier molecular flexibility index (Phi) is 6.26. The van der Waals surface area contributed by atoms with E-state index >= 15 is 0 Å². The van der Waals surface area contributed by atoms with Crippen molar-refractivity contribution in [2.75, 3.05) is 26.3 Å². The lowest BCUT2D eigenvalue weighted by Gasteiger charge is -2.30. The number of carbonyl (C=O) groups excluding carboxylic acids is 3. The molecule has 3 aliphatic rings. The number of nitrogens with zero attached hydrogens (tertiary/aromatic N) is 2. The van der Waals surface area contributed by atoms with Crippen LogP contribution in [0, 0.1) is 5.41 Å². The van der Waals surface area contributed by atoms with Crippen molar-refractivity contribution >= 4 is 17.8 Å². The van der Waals surface area contributed by atoms with Crippen molar-refractivity contribution in [2.24, 2.45) is 5.41 Å². The molecule has 2 heterocycles. The highest BCUT2D eigenvalue weighted by Crippen LogP contribution is 2.39. The maximum atomic E-state index is 13.1. The number of benzene rings is 2. The molecule has 0 radical (unpaired) electrons. The van der Waals surface area contributed by atoms with Crippen molar-refractivity contribution in [3.05, 3.63) is 66.2 Å². The molecule has 2 aromatic rings. The Morgan fingerprint density at radius 2 is 1.59 bits per heavy atom. The minimum atomic E-state index is -0.625. The average Bonchev–Trinajstić information content (AvgIpc) is 3.60. The number of para-hydroxylation sites is 1. The summed E-state index contributed by atoms with van der Waals surface area (Å²) in [6, 6.07) is 17.7. The normalized spacial score (nSPS) is 23.1. The van der Waals surface area contributed by atoms with E-state index in [0.29, 0.717) is 25.1 Å². The van der Waals surface area contributed by atoms with Crippen LogP contribution in [-0.4, -0.2) is 66.0 Å². The summed E-state index contributed by atoms with van der Waals surface area (Å²) in [5.41, 5.74) is 0.346. The fourth-order valence-electron chi connectivity index (χ4n) is 5.55. The van der Waals surface area contributed by atoms with Crippen LogP contribution in [0.15, 0.2) is 60.7 Å². The third-order valence-electron chi connectivity index (χ3n) is 7.39. The zero-order valence-electron chi connectivity index (χ0n) is 19.2. The van der Waals surface area contributed by atoms with Crippen molar-refractivity contribution < 1.29 is 23.9 Å². The molecule has 3 fully saturated rings. The van der Waals surface area contributed by atoms with Gasteiger partial charge in [-0.1, -0.05) is 49.2 Å². The standard InChI is InChI=1S/C27H30N2O5/c30-23-17-29(25(31)20-9-3-1-4-10-20)22-13-16-28(24(22)23)26(32)34-19-27(14-7-8-15-27)18-33-21-11-5-2-6-12-21/h1-6,9-12,22,24H,7-8,13-19H2/t22-,24+/m1/s1. The molecule has 2 amide bonds. The third kappa shape index (κ3) is 4.39. The third-order valence-corrected chi connectivity index (χ3v) is 7.39. The van der Waals surface area contributed by atoms with E-state index in [0.717, 1.165) is 31.4 Å². The largest absolute Gasteiger partial charge is 0.493 e. The molecule has 5 rings (SSSR count). The van der Waals surface area contributed by atoms with Crippen LogP contribution in [0.4, 0.5) is 4.79 Å². The van der Waals surface area contributed by atoms with Crippen LogP contribution in [0.5, 0.6) is 5.75 Å². The van der Waals surface area contributed by atoms with Gasteiger partial charge in [-0.25, -0.2) is 4.79 Å². The van der Waals surface area contributed by atoms with E-state index in [1.165, 1.54) is 4.90 Å². The molecule has 34 heavy (non-hydrogen) atoms. The first kappa shape index (κ1) is 22.4. The van der Waals surface area contributed by atoms with Crippen LogP contribution in [0.2, 0.25) is 0 Å². The Bertz CT molecular complexity index is 1040. The number of ether oxygens (including phenoxy) is 2. The second kappa shape index (κ2) is 9.49. The number of hydrogen-bond donors (Lipinski definition) is 0. The number of carbonyl (C=O) groups is 3. The molecule has 7 heteroatoms. The molecule has 2 aliphatic heterocycles. The molecule has 0 N–H and O–H groups in total. The minimum Gasteiger partial charge on any atom is -0.493 e. The van der Waals surface area contributed by atoms with E-state index in [-0.39, 0.29) is 36.3 Å². The van der Waals surface area contributed by atoms with Crippen molar-refractivity contribution in [2.45, 2.75) is 44.2 Å². The zero-order chi connectivity index (χ0) is 23.5. The molecule has 2 atom stereocenters. The quantitative estimate of drug-likeness (QED) is 0.650. The first-order valence-electron chi connectivity index (χ1n) is 12.1. The lowest BCUT2D eigenvalue weighted by atomic mass is 9.88. The van der Waals surface area contributed by atoms with E-state index in [1.54, 1.807) is 29.2 Å². The van der Waals surface area contributed by atoms with Gasteiger partial charge in [0.15, 0.2) is 5.78 Å². The van der Waals surface area contributed by atoms with Crippen LogP contribution in [-0.2, 0) is 9.53 Å². The molecule has 1 aliphatic carbocycles. The van der Waals surface area contributed by atoms with Gasteiger partial charge < -0.3 is 14.4 Å². The van der Waals surface area contributed by atoms with Crippen molar-refractivity contribution in [1.29, 1.82) is 0 Å². The molecule has 178 valence electrons. The lowest BCUT2D eigenvalue weighted by Crippen LogP contribution is -2.45. The minimum absolute atomic E-state index is 0.0295. The number of hydrogen-bond acceptors (Lipinski definition) is 5. The molecule has 0 bridgehead atoms. The van der Waals surface area contributed by atoms with Crippen LogP contribution in [0.1, 0.15) is 42.5 Å². The van der Waals surface area contributed by atoms with Crippen LogP contribution in [0.3, 0.4) is 0 Å². The summed E-state index contributed by atoms with van der Waals surface area (Å²) in [7, 11) is 0. The van der Waals surface area contributed by atoms with Gasteiger partial charge in [0.25, 0.3) is 5.91 Å². The lowest BCUT2D eigenvalue weighted by molar-refractivity contribution is -0.120. The fraction of sp³-hybridized carbons (Fsp3) is 0.444. The van der Waals surface area contributed by atoms with Crippen molar-refractivity contribution in [3.8, 4) is 5.75 Å². The highest BCUT2D eigenvalue weighted by Gasteiger charge is 2.52.